The maximum atomic E-state index is 12.3. The van der Waals surface area contributed by atoms with Gasteiger partial charge in [0.2, 0.25) is 9.84 Å². The molecule has 8 heteroatoms. The van der Waals surface area contributed by atoms with Crippen LogP contribution in [0.2, 0.25) is 0 Å². The molecule has 2 aromatic carbocycles. The molecule has 22 heavy (non-hydrogen) atoms. The first kappa shape index (κ1) is 16.5. The minimum Gasteiger partial charge on any atom is -0.258 e. The lowest BCUT2D eigenvalue weighted by Crippen LogP contribution is -2.02. The van der Waals surface area contributed by atoms with Crippen molar-refractivity contribution in [1.82, 2.24) is 0 Å². The number of benzene rings is 2. The van der Waals surface area contributed by atoms with E-state index in [2.05, 4.69) is 0 Å². The second kappa shape index (κ2) is 6.48. The Kier molecular flexibility index (Phi) is 4.85. The maximum Gasteiger partial charge on any atom is 0.269 e. The van der Waals surface area contributed by atoms with Gasteiger partial charge in [-0.3, -0.25) is 10.1 Å². The van der Waals surface area contributed by atoms with E-state index in [1.807, 2.05) is 0 Å². The summed E-state index contributed by atoms with van der Waals surface area (Å²) in [6.45, 7) is 0. The summed E-state index contributed by atoms with van der Waals surface area (Å²) in [4.78, 5) is 10.0. The maximum absolute atomic E-state index is 12.3. The van der Waals surface area contributed by atoms with Gasteiger partial charge in [0.15, 0.2) is 4.36 Å². The molecule has 2 aromatic rings. The average Bonchev–Trinajstić information content (AvgIpc) is 2.54. The zero-order valence-electron chi connectivity index (χ0n) is 10.9. The topological polar surface area (TPSA) is 77.3 Å². The van der Waals surface area contributed by atoms with Gasteiger partial charge in [-0.2, -0.15) is 0 Å². The number of nitro groups is 1. The van der Waals surface area contributed by atoms with Gasteiger partial charge < -0.3 is 0 Å². The molecule has 0 spiro atoms. The predicted octanol–water partition coefficient (Wildman–Crippen LogP) is 4.17. The van der Waals surface area contributed by atoms with Crippen molar-refractivity contribution in [1.29, 1.82) is 0 Å². The van der Waals surface area contributed by atoms with Gasteiger partial charge >= 0.3 is 0 Å². The number of hydrogen-bond donors (Lipinski definition) is 0. The SMILES string of the molecule is O=[N+]([O-])c1ccc(/C(Cl)=C(/Cl)S(=O)(=O)c2ccccc2)cc1. The van der Waals surface area contributed by atoms with Crippen molar-refractivity contribution in [2.24, 2.45) is 0 Å². The molecule has 0 saturated carbocycles. The zero-order chi connectivity index (χ0) is 16.3. The summed E-state index contributed by atoms with van der Waals surface area (Å²) in [5, 5.41) is 10.4. The van der Waals surface area contributed by atoms with E-state index >= 15 is 0 Å². The molecule has 2 rings (SSSR count). The number of non-ortho nitro benzene ring substituents is 1. The fraction of sp³-hybridized carbons (Fsp3) is 0. The van der Waals surface area contributed by atoms with E-state index in [-0.39, 0.29) is 21.2 Å². The molecule has 5 nitrogen and oxygen atoms in total. The van der Waals surface area contributed by atoms with E-state index in [4.69, 9.17) is 23.2 Å². The third-order valence-electron chi connectivity index (χ3n) is 2.79. The van der Waals surface area contributed by atoms with Gasteiger partial charge in [-0.1, -0.05) is 41.4 Å². The van der Waals surface area contributed by atoms with Gasteiger partial charge in [0.1, 0.15) is 0 Å². The van der Waals surface area contributed by atoms with Crippen molar-refractivity contribution in [2.45, 2.75) is 4.90 Å². The van der Waals surface area contributed by atoms with Crippen LogP contribution in [0.5, 0.6) is 0 Å². The van der Waals surface area contributed by atoms with E-state index in [1.165, 1.54) is 36.4 Å². The van der Waals surface area contributed by atoms with Crippen LogP contribution in [0.1, 0.15) is 5.56 Å². The lowest BCUT2D eigenvalue weighted by molar-refractivity contribution is -0.384. The lowest BCUT2D eigenvalue weighted by atomic mass is 10.2. The molecule has 0 radical (unpaired) electrons. The number of halogens is 2. The van der Waals surface area contributed by atoms with E-state index in [0.717, 1.165) is 0 Å². The standard InChI is InChI=1S/C14H9Cl2NO4S/c15-13(10-6-8-11(9-7-10)17(18)19)14(16)22(20,21)12-4-2-1-3-5-12/h1-9H/b14-13+. The molecule has 0 bridgehead atoms. The highest BCUT2D eigenvalue weighted by Crippen LogP contribution is 2.33. The van der Waals surface area contributed by atoms with Crippen molar-refractivity contribution < 1.29 is 13.3 Å². The summed E-state index contributed by atoms with van der Waals surface area (Å²) < 4.78 is 24.1. The number of nitro benzene ring substituents is 1. The highest BCUT2D eigenvalue weighted by molar-refractivity contribution is 7.97. The fourth-order valence-corrected chi connectivity index (χ4v) is 3.55. The number of sulfone groups is 1. The van der Waals surface area contributed by atoms with E-state index < -0.39 is 19.1 Å². The van der Waals surface area contributed by atoms with Gasteiger partial charge in [0.05, 0.1) is 14.9 Å². The molecule has 0 fully saturated rings. The summed E-state index contributed by atoms with van der Waals surface area (Å²) in [7, 11) is -3.93. The first-order valence-corrected chi connectivity index (χ1v) is 8.18. The first-order valence-electron chi connectivity index (χ1n) is 5.94. The molecular formula is C14H9Cl2NO4S. The van der Waals surface area contributed by atoms with Crippen LogP contribution in [0, 0.1) is 10.1 Å². The Morgan fingerprint density at radius 2 is 1.50 bits per heavy atom. The van der Waals surface area contributed by atoms with Crippen LogP contribution in [0.25, 0.3) is 5.03 Å². The van der Waals surface area contributed by atoms with Crippen LogP contribution < -0.4 is 0 Å². The van der Waals surface area contributed by atoms with Crippen molar-refractivity contribution >= 4 is 43.8 Å². The minimum absolute atomic E-state index is 0.0139. The summed E-state index contributed by atoms with van der Waals surface area (Å²) in [5.74, 6) is 0. The highest BCUT2D eigenvalue weighted by atomic mass is 35.5. The predicted molar refractivity (Wildman–Crippen MR) is 85.4 cm³/mol. The Hall–Kier alpha value is -1.89. The number of rotatable bonds is 4. The van der Waals surface area contributed by atoms with Crippen LogP contribution in [0.4, 0.5) is 5.69 Å². The average molecular weight is 358 g/mol. The van der Waals surface area contributed by atoms with Gasteiger partial charge in [0.25, 0.3) is 5.69 Å². The Morgan fingerprint density at radius 3 is 2.00 bits per heavy atom. The van der Waals surface area contributed by atoms with Crippen LogP contribution in [0.3, 0.4) is 0 Å². The summed E-state index contributed by atoms with van der Waals surface area (Å²) in [6.07, 6.45) is 0. The van der Waals surface area contributed by atoms with Gasteiger partial charge in [-0.05, 0) is 29.8 Å². The molecule has 0 atom stereocenters. The monoisotopic (exact) mass is 357 g/mol. The first-order chi connectivity index (χ1) is 10.3. The second-order valence-electron chi connectivity index (χ2n) is 4.21. The molecule has 0 aliphatic rings. The summed E-state index contributed by atoms with van der Waals surface area (Å²) >= 11 is 11.9. The van der Waals surface area contributed by atoms with Gasteiger partial charge in [0, 0.05) is 12.1 Å². The molecule has 0 unspecified atom stereocenters. The minimum atomic E-state index is -3.93. The molecule has 0 aromatic heterocycles. The number of nitrogens with zero attached hydrogens (tertiary/aromatic N) is 1. The third-order valence-corrected chi connectivity index (χ3v) is 5.78. The largest absolute Gasteiger partial charge is 0.269 e. The van der Waals surface area contributed by atoms with Crippen molar-refractivity contribution in [3.8, 4) is 0 Å². The van der Waals surface area contributed by atoms with Crippen LogP contribution >= 0.6 is 23.2 Å². The summed E-state index contributed by atoms with van der Waals surface area (Å²) in [5.41, 5.74) is 0.145. The number of hydrogen-bond acceptors (Lipinski definition) is 4. The molecule has 114 valence electrons. The lowest BCUT2D eigenvalue weighted by Gasteiger charge is -2.06. The molecule has 0 saturated heterocycles. The smallest absolute Gasteiger partial charge is 0.258 e. The van der Waals surface area contributed by atoms with Crippen LogP contribution in [-0.2, 0) is 9.84 Å². The van der Waals surface area contributed by atoms with Crippen molar-refractivity contribution in [3.05, 3.63) is 74.6 Å². The normalized spacial score (nSPS) is 12.6. The Balaban J connectivity index is 2.47. The second-order valence-corrected chi connectivity index (χ2v) is 7.07. The van der Waals surface area contributed by atoms with Crippen LogP contribution in [-0.4, -0.2) is 13.3 Å². The van der Waals surface area contributed by atoms with Crippen molar-refractivity contribution in [3.63, 3.8) is 0 Å². The van der Waals surface area contributed by atoms with E-state index in [1.54, 1.807) is 18.2 Å². The Bertz CT molecular complexity index is 831. The third kappa shape index (κ3) is 3.30. The zero-order valence-corrected chi connectivity index (χ0v) is 13.3. The Morgan fingerprint density at radius 1 is 0.955 bits per heavy atom. The van der Waals surface area contributed by atoms with Gasteiger partial charge in [-0.25, -0.2) is 8.42 Å². The Labute approximate surface area is 136 Å². The fourth-order valence-electron chi connectivity index (χ4n) is 1.66. The molecule has 0 heterocycles. The molecule has 0 aliphatic heterocycles. The molecule has 0 N–H and O–H groups in total. The van der Waals surface area contributed by atoms with Crippen LogP contribution in [0.15, 0.2) is 63.9 Å². The molecular weight excluding hydrogens is 349 g/mol. The van der Waals surface area contributed by atoms with E-state index in [0.29, 0.717) is 0 Å². The summed E-state index contributed by atoms with van der Waals surface area (Å²) in [6, 6.07) is 12.7. The molecule has 0 aliphatic carbocycles. The quantitative estimate of drug-likeness (QED) is 0.607. The van der Waals surface area contributed by atoms with Gasteiger partial charge in [-0.15, -0.1) is 0 Å². The van der Waals surface area contributed by atoms with Crippen molar-refractivity contribution in [2.75, 3.05) is 0 Å². The van der Waals surface area contributed by atoms with E-state index in [9.17, 15) is 18.5 Å². The molecule has 0 amide bonds. The highest BCUT2D eigenvalue weighted by Gasteiger charge is 2.23.